The predicted octanol–water partition coefficient (Wildman–Crippen LogP) is 4.55. The van der Waals surface area contributed by atoms with E-state index in [0.29, 0.717) is 18.1 Å². The smallest absolute Gasteiger partial charge is 0.159 e. The summed E-state index contributed by atoms with van der Waals surface area (Å²) in [5.41, 5.74) is 4.69. The Morgan fingerprint density at radius 2 is 1.76 bits per heavy atom. The Bertz CT molecular complexity index is 1170. The van der Waals surface area contributed by atoms with E-state index in [4.69, 9.17) is 9.97 Å². The fourth-order valence-corrected chi connectivity index (χ4v) is 6.80. The van der Waals surface area contributed by atoms with Crippen molar-refractivity contribution in [2.45, 2.75) is 70.1 Å². The highest BCUT2D eigenvalue weighted by molar-refractivity contribution is 5.76. The number of pyridine rings is 1. The summed E-state index contributed by atoms with van der Waals surface area (Å²) in [6, 6.07) is 14.6. The van der Waals surface area contributed by atoms with Gasteiger partial charge < -0.3 is 14.8 Å². The second kappa shape index (κ2) is 10.7. The molecular weight excluding hydrogens is 458 g/mol. The van der Waals surface area contributed by atoms with Crippen LogP contribution in [0.2, 0.25) is 0 Å². The lowest BCUT2D eigenvalue weighted by atomic mass is 9.79. The lowest BCUT2D eigenvalue weighted by Crippen LogP contribution is -2.55. The van der Waals surface area contributed by atoms with E-state index >= 15 is 0 Å². The normalized spacial score (nSPS) is 23.6. The van der Waals surface area contributed by atoms with Crippen LogP contribution in [0.1, 0.15) is 63.9 Å². The van der Waals surface area contributed by atoms with Gasteiger partial charge >= 0.3 is 0 Å². The molecule has 7 heteroatoms. The van der Waals surface area contributed by atoms with Crippen LogP contribution in [0.15, 0.2) is 42.6 Å². The van der Waals surface area contributed by atoms with Crippen LogP contribution in [-0.4, -0.2) is 76.7 Å². The second-order valence-corrected chi connectivity index (χ2v) is 11.6. The molecule has 2 saturated heterocycles. The number of nitrogens with zero attached hydrogens (tertiary/aromatic N) is 6. The quantitative estimate of drug-likeness (QED) is 0.511. The maximum atomic E-state index is 5.22. The first-order valence-electron chi connectivity index (χ1n) is 14.1. The van der Waals surface area contributed by atoms with E-state index < -0.39 is 0 Å². The number of anilines is 1. The maximum Gasteiger partial charge on any atom is 0.159 e. The number of aromatic nitrogens is 3. The highest BCUT2D eigenvalue weighted by atomic mass is 15.3. The Hall–Kier alpha value is -2.48. The van der Waals surface area contributed by atoms with Crippen LogP contribution in [-0.2, 0) is 12.6 Å². The highest BCUT2D eigenvalue weighted by Crippen LogP contribution is 2.39. The number of piperidine rings is 1. The topological polar surface area (TPSA) is 52.5 Å². The molecule has 4 heterocycles. The van der Waals surface area contributed by atoms with Crippen LogP contribution >= 0.6 is 0 Å². The zero-order chi connectivity index (χ0) is 26.2. The van der Waals surface area contributed by atoms with Crippen molar-refractivity contribution in [3.8, 4) is 0 Å². The number of aryl methyl sites for hydroxylation is 1. The largest absolute Gasteiger partial charge is 0.370 e. The van der Waals surface area contributed by atoms with Crippen LogP contribution in [0.25, 0.3) is 11.2 Å². The SMILES string of the molecule is CCCC(c1nc2cc(N3CCC(c4ccccc4)(N(C)C)CC3)cnc2n1C)N1C[C@@H](C)N[C@@H](C)C1. The molecule has 0 amide bonds. The van der Waals surface area contributed by atoms with E-state index in [0.717, 1.165) is 68.9 Å². The van der Waals surface area contributed by atoms with Crippen LogP contribution in [0.3, 0.4) is 0 Å². The monoisotopic (exact) mass is 503 g/mol. The molecule has 1 N–H and O–H groups in total. The Labute approximate surface area is 222 Å². The highest BCUT2D eigenvalue weighted by Gasteiger charge is 2.38. The van der Waals surface area contributed by atoms with E-state index in [1.165, 1.54) is 11.3 Å². The third kappa shape index (κ3) is 5.01. The number of piperazine rings is 1. The summed E-state index contributed by atoms with van der Waals surface area (Å²) in [4.78, 5) is 17.7. The van der Waals surface area contributed by atoms with Crippen molar-refractivity contribution < 1.29 is 0 Å². The fourth-order valence-electron chi connectivity index (χ4n) is 6.80. The third-order valence-corrected chi connectivity index (χ3v) is 8.74. The first kappa shape index (κ1) is 26.1. The predicted molar refractivity (Wildman–Crippen MR) is 153 cm³/mol. The van der Waals surface area contributed by atoms with E-state index in [9.17, 15) is 0 Å². The van der Waals surface area contributed by atoms with Gasteiger partial charge in [-0.2, -0.15) is 0 Å². The molecule has 37 heavy (non-hydrogen) atoms. The van der Waals surface area contributed by atoms with Crippen molar-refractivity contribution in [2.24, 2.45) is 7.05 Å². The average molecular weight is 504 g/mol. The van der Waals surface area contributed by atoms with E-state index in [2.05, 4.69) is 109 Å². The van der Waals surface area contributed by atoms with Gasteiger partial charge in [-0.3, -0.25) is 9.80 Å². The number of hydrogen-bond acceptors (Lipinski definition) is 6. The zero-order valence-corrected chi connectivity index (χ0v) is 23.6. The van der Waals surface area contributed by atoms with Gasteiger partial charge in [0.1, 0.15) is 11.3 Å². The van der Waals surface area contributed by atoms with Crippen molar-refractivity contribution in [1.82, 2.24) is 29.7 Å². The minimum absolute atomic E-state index is 0.0818. The summed E-state index contributed by atoms with van der Waals surface area (Å²) >= 11 is 0. The lowest BCUT2D eigenvalue weighted by molar-refractivity contribution is 0.110. The van der Waals surface area contributed by atoms with Gasteiger partial charge in [-0.05, 0) is 58.8 Å². The molecule has 2 aliphatic rings. The first-order valence-corrected chi connectivity index (χ1v) is 14.1. The maximum absolute atomic E-state index is 5.22. The molecule has 2 fully saturated rings. The zero-order valence-electron chi connectivity index (χ0n) is 23.6. The molecule has 2 aliphatic heterocycles. The average Bonchev–Trinajstić information content (AvgIpc) is 3.22. The molecule has 0 spiro atoms. The molecule has 0 aliphatic carbocycles. The summed E-state index contributed by atoms with van der Waals surface area (Å²) in [6.07, 6.45) is 6.49. The van der Waals surface area contributed by atoms with E-state index in [1.54, 1.807) is 0 Å². The Morgan fingerprint density at radius 3 is 2.38 bits per heavy atom. The van der Waals surface area contributed by atoms with Crippen molar-refractivity contribution >= 4 is 16.9 Å². The van der Waals surface area contributed by atoms with Gasteiger partial charge in [-0.1, -0.05) is 43.7 Å². The molecule has 1 aromatic carbocycles. The molecule has 5 rings (SSSR count). The standard InChI is InChI=1S/C30H45N7/c1-7-11-27(37-20-22(2)32-23(3)21-37)29-33-26-18-25(19-31-28(26)35(29)6)36-16-14-30(15-17-36,34(4)5)24-12-9-8-10-13-24/h8-10,12-13,18-19,22-23,27,32H,7,11,14-17,20-21H2,1-6H3/t22-,23+,27?. The van der Waals surface area contributed by atoms with Gasteiger partial charge in [0.25, 0.3) is 0 Å². The van der Waals surface area contributed by atoms with Gasteiger partial charge in [0, 0.05) is 50.8 Å². The molecule has 200 valence electrons. The van der Waals surface area contributed by atoms with Gasteiger partial charge in [0.15, 0.2) is 5.65 Å². The number of fused-ring (bicyclic) bond motifs is 1. The van der Waals surface area contributed by atoms with Crippen LogP contribution in [0, 0.1) is 0 Å². The molecule has 7 nitrogen and oxygen atoms in total. The number of benzene rings is 1. The number of hydrogen-bond donors (Lipinski definition) is 1. The molecule has 3 aromatic rings. The summed E-state index contributed by atoms with van der Waals surface area (Å²) < 4.78 is 2.24. The van der Waals surface area contributed by atoms with Crippen LogP contribution in [0.5, 0.6) is 0 Å². The minimum atomic E-state index is 0.0818. The summed E-state index contributed by atoms with van der Waals surface area (Å²) in [7, 11) is 6.58. The van der Waals surface area contributed by atoms with Crippen molar-refractivity contribution in [1.29, 1.82) is 0 Å². The van der Waals surface area contributed by atoms with Crippen LogP contribution < -0.4 is 10.2 Å². The summed E-state index contributed by atoms with van der Waals surface area (Å²) in [5.74, 6) is 1.15. The fraction of sp³-hybridized carbons (Fsp3) is 0.600. The molecular formula is C30H45N7. The lowest BCUT2D eigenvalue weighted by Gasteiger charge is -2.47. The van der Waals surface area contributed by atoms with Crippen molar-refractivity contribution in [3.05, 3.63) is 54.0 Å². The molecule has 3 atom stereocenters. The minimum Gasteiger partial charge on any atom is -0.370 e. The molecule has 2 aromatic heterocycles. The van der Waals surface area contributed by atoms with Crippen LogP contribution in [0.4, 0.5) is 5.69 Å². The van der Waals surface area contributed by atoms with Gasteiger partial charge in [-0.25, -0.2) is 9.97 Å². The molecule has 0 radical (unpaired) electrons. The molecule has 0 bridgehead atoms. The van der Waals surface area contributed by atoms with Crippen molar-refractivity contribution in [2.75, 3.05) is 45.2 Å². The van der Waals surface area contributed by atoms with E-state index in [-0.39, 0.29) is 5.54 Å². The Kier molecular flexibility index (Phi) is 7.57. The van der Waals surface area contributed by atoms with E-state index in [1.807, 2.05) is 0 Å². The summed E-state index contributed by atoms with van der Waals surface area (Å²) in [5, 5.41) is 3.68. The molecule has 1 unspecified atom stereocenters. The third-order valence-electron chi connectivity index (χ3n) is 8.74. The number of imidazole rings is 1. The first-order chi connectivity index (χ1) is 17.8. The Morgan fingerprint density at radius 1 is 1.08 bits per heavy atom. The number of rotatable bonds is 7. The van der Waals surface area contributed by atoms with Crippen molar-refractivity contribution in [3.63, 3.8) is 0 Å². The second-order valence-electron chi connectivity index (χ2n) is 11.6. The number of nitrogens with one attached hydrogen (secondary N) is 1. The van der Waals surface area contributed by atoms with Gasteiger partial charge in [-0.15, -0.1) is 0 Å². The molecule has 0 saturated carbocycles. The Balaban J connectivity index is 1.39. The summed E-state index contributed by atoms with van der Waals surface area (Å²) in [6.45, 7) is 11.0. The van der Waals surface area contributed by atoms with Gasteiger partial charge in [0.2, 0.25) is 0 Å². The van der Waals surface area contributed by atoms with Gasteiger partial charge in [0.05, 0.1) is 17.9 Å².